The number of piperazine rings is 1. The lowest BCUT2D eigenvalue weighted by Crippen LogP contribution is -2.53. The monoisotopic (exact) mass is 293 g/mol. The molecule has 1 aliphatic heterocycles. The third-order valence-electron chi connectivity index (χ3n) is 3.84. The van der Waals surface area contributed by atoms with E-state index in [1.807, 2.05) is 18.2 Å². The molecule has 2 aromatic rings. The van der Waals surface area contributed by atoms with Crippen LogP contribution >= 0.6 is 11.6 Å². The van der Waals surface area contributed by atoms with E-state index in [1.54, 1.807) is 0 Å². The van der Waals surface area contributed by atoms with Gasteiger partial charge in [0.1, 0.15) is 5.52 Å². The first-order valence-electron chi connectivity index (χ1n) is 6.99. The summed E-state index contributed by atoms with van der Waals surface area (Å²) in [5, 5.41) is 0.690. The fraction of sp³-hybridized carbons (Fsp3) is 0.533. The molecule has 0 radical (unpaired) electrons. The normalized spacial score (nSPS) is 17.9. The summed E-state index contributed by atoms with van der Waals surface area (Å²) in [6.45, 7) is 10.7. The van der Waals surface area contributed by atoms with Gasteiger partial charge in [-0.1, -0.05) is 11.6 Å². The summed E-state index contributed by atoms with van der Waals surface area (Å²) in [7, 11) is 0. The predicted molar refractivity (Wildman–Crippen MR) is 82.6 cm³/mol. The van der Waals surface area contributed by atoms with Gasteiger partial charge in [-0.25, -0.2) is 0 Å². The van der Waals surface area contributed by atoms with Crippen LogP contribution in [0, 0.1) is 0 Å². The molecule has 4 nitrogen and oxygen atoms in total. The van der Waals surface area contributed by atoms with Gasteiger partial charge in [-0.3, -0.25) is 4.90 Å². The third kappa shape index (κ3) is 2.63. The number of benzene rings is 1. The van der Waals surface area contributed by atoms with Gasteiger partial charge in [-0.2, -0.15) is 4.98 Å². The summed E-state index contributed by atoms with van der Waals surface area (Å²) in [5.41, 5.74) is 1.84. The molecule has 0 amide bonds. The van der Waals surface area contributed by atoms with Crippen LogP contribution in [-0.4, -0.2) is 41.6 Å². The Kier molecular flexibility index (Phi) is 3.38. The molecule has 0 atom stereocenters. The molecule has 0 saturated carbocycles. The van der Waals surface area contributed by atoms with E-state index < -0.39 is 0 Å². The Hall–Kier alpha value is -1.26. The van der Waals surface area contributed by atoms with E-state index in [-0.39, 0.29) is 5.54 Å². The molecule has 20 heavy (non-hydrogen) atoms. The van der Waals surface area contributed by atoms with Crippen molar-refractivity contribution in [1.29, 1.82) is 0 Å². The van der Waals surface area contributed by atoms with Crippen LogP contribution in [0.15, 0.2) is 22.6 Å². The molecule has 1 aliphatic rings. The molecule has 1 fully saturated rings. The minimum atomic E-state index is 0.223. The molecule has 0 bridgehead atoms. The van der Waals surface area contributed by atoms with Crippen molar-refractivity contribution in [2.45, 2.75) is 26.3 Å². The van der Waals surface area contributed by atoms with Gasteiger partial charge in [-0.15, -0.1) is 0 Å². The van der Waals surface area contributed by atoms with Crippen molar-refractivity contribution >= 4 is 28.7 Å². The van der Waals surface area contributed by atoms with E-state index in [0.717, 1.165) is 37.3 Å². The minimum Gasteiger partial charge on any atom is -0.423 e. The molecular formula is C15H20ClN3O. The van der Waals surface area contributed by atoms with Gasteiger partial charge < -0.3 is 9.32 Å². The number of fused-ring (bicyclic) bond motifs is 1. The topological polar surface area (TPSA) is 32.5 Å². The van der Waals surface area contributed by atoms with Gasteiger partial charge in [-0.05, 0) is 39.0 Å². The molecule has 0 unspecified atom stereocenters. The molecule has 1 aromatic heterocycles. The molecule has 0 N–H and O–H groups in total. The molecule has 0 aliphatic carbocycles. The quantitative estimate of drug-likeness (QED) is 0.807. The summed E-state index contributed by atoms with van der Waals surface area (Å²) < 4.78 is 5.82. The Bertz CT molecular complexity index is 609. The van der Waals surface area contributed by atoms with Crippen molar-refractivity contribution in [2.75, 3.05) is 31.1 Å². The van der Waals surface area contributed by atoms with Crippen molar-refractivity contribution in [3.8, 4) is 0 Å². The van der Waals surface area contributed by atoms with Crippen LogP contribution in [0.5, 0.6) is 0 Å². The highest BCUT2D eigenvalue weighted by Crippen LogP contribution is 2.26. The largest absolute Gasteiger partial charge is 0.423 e. The first-order chi connectivity index (χ1) is 9.43. The van der Waals surface area contributed by atoms with E-state index >= 15 is 0 Å². The molecular weight excluding hydrogens is 274 g/mol. The average molecular weight is 294 g/mol. The summed E-state index contributed by atoms with van der Waals surface area (Å²) in [6.07, 6.45) is 0. The van der Waals surface area contributed by atoms with Crippen LogP contribution in [0.25, 0.3) is 11.1 Å². The summed E-state index contributed by atoms with van der Waals surface area (Å²) in [4.78, 5) is 9.23. The summed E-state index contributed by atoms with van der Waals surface area (Å²) in [5.74, 6) is 0. The van der Waals surface area contributed by atoms with Crippen molar-refractivity contribution in [1.82, 2.24) is 9.88 Å². The van der Waals surface area contributed by atoms with Gasteiger partial charge in [0.05, 0.1) is 0 Å². The molecule has 2 heterocycles. The number of rotatable bonds is 1. The van der Waals surface area contributed by atoms with Crippen molar-refractivity contribution < 1.29 is 4.42 Å². The lowest BCUT2D eigenvalue weighted by atomic mass is 10.1. The lowest BCUT2D eigenvalue weighted by molar-refractivity contribution is 0.127. The van der Waals surface area contributed by atoms with Crippen LogP contribution in [0.1, 0.15) is 20.8 Å². The molecule has 108 valence electrons. The second-order valence-corrected chi connectivity index (χ2v) is 6.69. The number of anilines is 1. The highest BCUT2D eigenvalue weighted by molar-refractivity contribution is 6.31. The Balaban J connectivity index is 1.76. The zero-order chi connectivity index (χ0) is 14.3. The van der Waals surface area contributed by atoms with Gasteiger partial charge in [0.15, 0.2) is 5.58 Å². The Morgan fingerprint density at radius 2 is 1.85 bits per heavy atom. The van der Waals surface area contributed by atoms with Crippen molar-refractivity contribution in [3.05, 3.63) is 23.2 Å². The molecule has 5 heteroatoms. The number of aromatic nitrogens is 1. The lowest BCUT2D eigenvalue weighted by Gasteiger charge is -2.41. The maximum absolute atomic E-state index is 5.98. The summed E-state index contributed by atoms with van der Waals surface area (Å²) >= 11 is 5.98. The average Bonchev–Trinajstić information content (AvgIpc) is 2.80. The smallest absolute Gasteiger partial charge is 0.298 e. The standard InChI is InChI=1S/C15H20ClN3O/c1-15(2,3)19-8-6-18(7-9-19)14-17-12-10-11(16)4-5-13(12)20-14/h4-5,10H,6-9H2,1-3H3. The van der Waals surface area contributed by atoms with E-state index in [0.29, 0.717) is 11.0 Å². The highest BCUT2D eigenvalue weighted by Gasteiger charge is 2.27. The van der Waals surface area contributed by atoms with Gasteiger partial charge in [0.25, 0.3) is 6.01 Å². The Morgan fingerprint density at radius 1 is 1.15 bits per heavy atom. The minimum absolute atomic E-state index is 0.223. The number of halogens is 1. The van der Waals surface area contributed by atoms with E-state index in [2.05, 4.69) is 35.6 Å². The maximum Gasteiger partial charge on any atom is 0.298 e. The number of hydrogen-bond acceptors (Lipinski definition) is 4. The molecule has 1 aromatic carbocycles. The van der Waals surface area contributed by atoms with E-state index in [1.165, 1.54) is 0 Å². The SMILES string of the molecule is CC(C)(C)N1CCN(c2nc3cc(Cl)ccc3o2)CC1. The Labute approximate surface area is 124 Å². The second kappa shape index (κ2) is 4.93. The maximum atomic E-state index is 5.98. The van der Waals surface area contributed by atoms with E-state index in [9.17, 15) is 0 Å². The van der Waals surface area contributed by atoms with E-state index in [4.69, 9.17) is 16.0 Å². The van der Waals surface area contributed by atoms with Crippen molar-refractivity contribution in [2.24, 2.45) is 0 Å². The highest BCUT2D eigenvalue weighted by atomic mass is 35.5. The fourth-order valence-electron chi connectivity index (χ4n) is 2.59. The van der Waals surface area contributed by atoms with Gasteiger partial charge in [0, 0.05) is 36.7 Å². The molecule has 3 rings (SSSR count). The van der Waals surface area contributed by atoms with Gasteiger partial charge in [0.2, 0.25) is 0 Å². The summed E-state index contributed by atoms with van der Waals surface area (Å²) in [6, 6.07) is 6.25. The number of oxazole rings is 1. The first kappa shape index (κ1) is 13.7. The molecule has 1 saturated heterocycles. The predicted octanol–water partition coefficient (Wildman–Crippen LogP) is 3.40. The number of nitrogens with zero attached hydrogens (tertiary/aromatic N) is 3. The third-order valence-corrected chi connectivity index (χ3v) is 4.07. The fourth-order valence-corrected chi connectivity index (χ4v) is 2.76. The van der Waals surface area contributed by atoms with Crippen LogP contribution in [-0.2, 0) is 0 Å². The zero-order valence-corrected chi connectivity index (χ0v) is 12.9. The van der Waals surface area contributed by atoms with Crippen LogP contribution in [0.3, 0.4) is 0 Å². The van der Waals surface area contributed by atoms with Gasteiger partial charge >= 0.3 is 0 Å². The second-order valence-electron chi connectivity index (χ2n) is 6.25. The van der Waals surface area contributed by atoms with Crippen LogP contribution < -0.4 is 4.90 Å². The number of hydrogen-bond donors (Lipinski definition) is 0. The van der Waals surface area contributed by atoms with Crippen LogP contribution in [0.2, 0.25) is 5.02 Å². The zero-order valence-electron chi connectivity index (χ0n) is 12.2. The molecule has 0 spiro atoms. The van der Waals surface area contributed by atoms with Crippen LogP contribution in [0.4, 0.5) is 6.01 Å². The Morgan fingerprint density at radius 3 is 2.50 bits per heavy atom. The van der Waals surface area contributed by atoms with Crippen molar-refractivity contribution in [3.63, 3.8) is 0 Å². The first-order valence-corrected chi connectivity index (χ1v) is 7.37.